The van der Waals surface area contributed by atoms with Crippen LogP contribution in [0.5, 0.6) is 0 Å². The molecular formula is C18H14ClF3N4. The maximum Gasteiger partial charge on any atom is 0.416 e. The normalized spacial score (nSPS) is 11.3. The summed E-state index contributed by atoms with van der Waals surface area (Å²) in [4.78, 5) is 8.57. The fourth-order valence-corrected chi connectivity index (χ4v) is 2.40. The molecule has 26 heavy (non-hydrogen) atoms. The number of anilines is 4. The maximum absolute atomic E-state index is 12.8. The second-order valence-corrected chi connectivity index (χ2v) is 5.99. The number of rotatable bonds is 4. The van der Waals surface area contributed by atoms with Gasteiger partial charge >= 0.3 is 6.18 Å². The van der Waals surface area contributed by atoms with Crippen LogP contribution in [0.3, 0.4) is 0 Å². The molecule has 2 aromatic carbocycles. The first-order chi connectivity index (χ1) is 12.3. The van der Waals surface area contributed by atoms with Crippen LogP contribution in [0.4, 0.5) is 36.3 Å². The first-order valence-corrected chi connectivity index (χ1v) is 8.00. The zero-order chi connectivity index (χ0) is 18.7. The molecule has 0 saturated heterocycles. The molecule has 3 rings (SSSR count). The molecule has 0 aliphatic heterocycles. The third-order valence-corrected chi connectivity index (χ3v) is 3.67. The van der Waals surface area contributed by atoms with Gasteiger partial charge in [0.2, 0.25) is 5.95 Å². The van der Waals surface area contributed by atoms with E-state index in [1.54, 1.807) is 43.3 Å². The van der Waals surface area contributed by atoms with E-state index in [4.69, 9.17) is 11.6 Å². The zero-order valence-electron chi connectivity index (χ0n) is 13.6. The van der Waals surface area contributed by atoms with Gasteiger partial charge in [0, 0.05) is 28.2 Å². The molecule has 0 amide bonds. The molecule has 134 valence electrons. The van der Waals surface area contributed by atoms with E-state index >= 15 is 0 Å². The molecule has 1 heterocycles. The largest absolute Gasteiger partial charge is 0.416 e. The van der Waals surface area contributed by atoms with Gasteiger partial charge in [-0.2, -0.15) is 18.2 Å². The lowest BCUT2D eigenvalue weighted by Gasteiger charge is -2.12. The molecule has 1 aromatic heterocycles. The molecule has 0 fully saturated rings. The monoisotopic (exact) mass is 378 g/mol. The lowest BCUT2D eigenvalue weighted by molar-refractivity contribution is -0.137. The van der Waals surface area contributed by atoms with Crippen LogP contribution < -0.4 is 10.6 Å². The van der Waals surface area contributed by atoms with Crippen LogP contribution in [0.25, 0.3) is 0 Å². The standard InChI is InChI=1S/C18H14ClF3N4/c1-11-9-16(24-15-4-2-3-12(10-15)18(20,21)22)26-17(23-11)25-14-7-5-13(19)6-8-14/h2-10H,1H3,(H2,23,24,25,26). The van der Waals surface area contributed by atoms with Gasteiger partial charge in [-0.3, -0.25) is 0 Å². The summed E-state index contributed by atoms with van der Waals surface area (Å²) in [5.74, 6) is 0.704. The van der Waals surface area contributed by atoms with Crippen molar-refractivity contribution in [1.82, 2.24) is 9.97 Å². The minimum Gasteiger partial charge on any atom is -0.340 e. The summed E-state index contributed by atoms with van der Waals surface area (Å²) < 4.78 is 38.5. The van der Waals surface area contributed by atoms with Crippen molar-refractivity contribution in [1.29, 1.82) is 0 Å². The summed E-state index contributed by atoms with van der Waals surface area (Å²) in [5.41, 5.74) is 0.958. The number of nitrogens with zero attached hydrogens (tertiary/aromatic N) is 2. The first-order valence-electron chi connectivity index (χ1n) is 7.62. The number of halogens is 4. The molecule has 0 aliphatic carbocycles. The molecule has 2 N–H and O–H groups in total. The Morgan fingerprint density at radius 1 is 0.885 bits per heavy atom. The summed E-state index contributed by atoms with van der Waals surface area (Å²) in [6.45, 7) is 1.77. The maximum atomic E-state index is 12.8. The third-order valence-electron chi connectivity index (χ3n) is 3.42. The minimum atomic E-state index is -4.40. The van der Waals surface area contributed by atoms with Crippen molar-refractivity contribution >= 4 is 34.7 Å². The number of alkyl halides is 3. The zero-order valence-corrected chi connectivity index (χ0v) is 14.4. The van der Waals surface area contributed by atoms with E-state index in [1.807, 2.05) is 0 Å². The molecule has 0 atom stereocenters. The third kappa shape index (κ3) is 4.64. The fourth-order valence-electron chi connectivity index (χ4n) is 2.27. The fraction of sp³-hybridized carbons (Fsp3) is 0.111. The van der Waals surface area contributed by atoms with Crippen molar-refractivity contribution in [3.05, 3.63) is 70.9 Å². The molecular weight excluding hydrogens is 365 g/mol. The Labute approximate surface area is 153 Å². The van der Waals surface area contributed by atoms with Crippen molar-refractivity contribution in [3.8, 4) is 0 Å². The average molecular weight is 379 g/mol. The van der Waals surface area contributed by atoms with Gasteiger partial charge in [0.1, 0.15) is 5.82 Å². The SMILES string of the molecule is Cc1cc(Nc2cccc(C(F)(F)F)c2)nc(Nc2ccc(Cl)cc2)n1. The quantitative estimate of drug-likeness (QED) is 0.589. The molecule has 0 radical (unpaired) electrons. The number of aromatic nitrogens is 2. The van der Waals surface area contributed by atoms with E-state index in [0.29, 0.717) is 22.5 Å². The van der Waals surface area contributed by atoms with Gasteiger partial charge in [0.05, 0.1) is 5.56 Å². The van der Waals surface area contributed by atoms with E-state index < -0.39 is 11.7 Å². The van der Waals surface area contributed by atoms with Crippen LogP contribution in [0.1, 0.15) is 11.3 Å². The van der Waals surface area contributed by atoms with Gasteiger partial charge in [-0.25, -0.2) is 4.98 Å². The summed E-state index contributed by atoms with van der Waals surface area (Å²) in [5, 5.41) is 6.52. The molecule has 4 nitrogen and oxygen atoms in total. The minimum absolute atomic E-state index is 0.287. The molecule has 3 aromatic rings. The van der Waals surface area contributed by atoms with Gasteiger partial charge in [0.15, 0.2) is 0 Å². The summed E-state index contributed by atoms with van der Waals surface area (Å²) in [7, 11) is 0. The van der Waals surface area contributed by atoms with Crippen molar-refractivity contribution in [2.45, 2.75) is 13.1 Å². The van der Waals surface area contributed by atoms with E-state index in [2.05, 4.69) is 20.6 Å². The summed E-state index contributed by atoms with van der Waals surface area (Å²) in [6, 6.07) is 13.6. The number of nitrogens with one attached hydrogen (secondary N) is 2. The topological polar surface area (TPSA) is 49.8 Å². The van der Waals surface area contributed by atoms with Crippen LogP contribution in [0.2, 0.25) is 5.02 Å². The van der Waals surface area contributed by atoms with Crippen LogP contribution in [-0.2, 0) is 6.18 Å². The number of hydrogen-bond acceptors (Lipinski definition) is 4. The second-order valence-electron chi connectivity index (χ2n) is 5.55. The van der Waals surface area contributed by atoms with Gasteiger partial charge in [-0.1, -0.05) is 17.7 Å². The van der Waals surface area contributed by atoms with E-state index in [9.17, 15) is 13.2 Å². The Kier molecular flexibility index (Phi) is 4.99. The molecule has 0 unspecified atom stereocenters. The summed E-state index contributed by atoms with van der Waals surface area (Å²) in [6.07, 6.45) is -4.40. The lowest BCUT2D eigenvalue weighted by Crippen LogP contribution is -2.06. The van der Waals surface area contributed by atoms with Gasteiger partial charge in [0.25, 0.3) is 0 Å². The first kappa shape index (κ1) is 18.0. The van der Waals surface area contributed by atoms with Crippen LogP contribution >= 0.6 is 11.6 Å². The van der Waals surface area contributed by atoms with Crippen molar-refractivity contribution < 1.29 is 13.2 Å². The van der Waals surface area contributed by atoms with Crippen molar-refractivity contribution in [3.63, 3.8) is 0 Å². The Morgan fingerprint density at radius 3 is 2.31 bits per heavy atom. The highest BCUT2D eigenvalue weighted by molar-refractivity contribution is 6.30. The van der Waals surface area contributed by atoms with Crippen LogP contribution in [0.15, 0.2) is 54.6 Å². The molecule has 0 spiro atoms. The Morgan fingerprint density at radius 2 is 1.62 bits per heavy atom. The average Bonchev–Trinajstić information content (AvgIpc) is 2.56. The summed E-state index contributed by atoms with van der Waals surface area (Å²) >= 11 is 5.85. The van der Waals surface area contributed by atoms with Crippen LogP contribution in [0, 0.1) is 6.92 Å². The number of hydrogen-bond donors (Lipinski definition) is 2. The highest BCUT2D eigenvalue weighted by Gasteiger charge is 2.30. The Balaban J connectivity index is 1.83. The van der Waals surface area contributed by atoms with Gasteiger partial charge < -0.3 is 10.6 Å². The molecule has 8 heteroatoms. The van der Waals surface area contributed by atoms with Crippen LogP contribution in [-0.4, -0.2) is 9.97 Å². The number of benzene rings is 2. The Bertz CT molecular complexity index is 911. The number of aryl methyl sites for hydroxylation is 1. The predicted molar refractivity (Wildman–Crippen MR) is 96.2 cm³/mol. The van der Waals surface area contributed by atoms with Crippen molar-refractivity contribution in [2.24, 2.45) is 0 Å². The van der Waals surface area contributed by atoms with E-state index in [-0.39, 0.29) is 5.69 Å². The molecule has 0 saturated carbocycles. The van der Waals surface area contributed by atoms with Gasteiger partial charge in [-0.15, -0.1) is 0 Å². The van der Waals surface area contributed by atoms with E-state index in [1.165, 1.54) is 6.07 Å². The lowest BCUT2D eigenvalue weighted by atomic mass is 10.2. The predicted octanol–water partition coefficient (Wildman–Crippen LogP) is 5.94. The van der Waals surface area contributed by atoms with Gasteiger partial charge in [-0.05, 0) is 49.4 Å². The second kappa shape index (κ2) is 7.21. The molecule has 0 aliphatic rings. The molecule has 0 bridgehead atoms. The van der Waals surface area contributed by atoms with Crippen molar-refractivity contribution in [2.75, 3.05) is 10.6 Å². The highest BCUT2D eigenvalue weighted by Crippen LogP contribution is 2.31. The highest BCUT2D eigenvalue weighted by atomic mass is 35.5. The Hall–Kier alpha value is -2.80. The van der Waals surface area contributed by atoms with E-state index in [0.717, 1.165) is 17.8 Å². The smallest absolute Gasteiger partial charge is 0.340 e.